The van der Waals surface area contributed by atoms with Crippen LogP contribution in [0.3, 0.4) is 0 Å². The van der Waals surface area contributed by atoms with Gasteiger partial charge in [0.1, 0.15) is 0 Å². The first-order chi connectivity index (χ1) is 17.9. The van der Waals surface area contributed by atoms with E-state index in [-0.39, 0.29) is 16.6 Å². The third-order valence-electron chi connectivity index (χ3n) is 6.64. The number of carbonyl (C=O) groups excluding carboxylic acids is 1. The Morgan fingerprint density at radius 1 is 0.865 bits per heavy atom. The van der Waals surface area contributed by atoms with Gasteiger partial charge in [-0.15, -0.1) is 0 Å². The molecule has 5 rings (SSSR count). The van der Waals surface area contributed by atoms with Gasteiger partial charge in [0.2, 0.25) is 0 Å². The number of aromatic nitrogens is 1. The molecule has 3 aromatic carbocycles. The molecule has 37 heavy (non-hydrogen) atoms. The Hall–Kier alpha value is -4.06. The number of piperazine rings is 1. The number of fused-ring (bicyclic) bond motifs is 1. The number of hydrogen-bond donors (Lipinski definition) is 0. The third-order valence-corrected chi connectivity index (χ3v) is 8.35. The number of amides is 1. The third kappa shape index (κ3) is 5.53. The zero-order chi connectivity index (χ0) is 25.8. The van der Waals surface area contributed by atoms with Gasteiger partial charge in [0.15, 0.2) is 9.84 Å². The summed E-state index contributed by atoms with van der Waals surface area (Å²) < 4.78 is 26.3. The summed E-state index contributed by atoms with van der Waals surface area (Å²) in [4.78, 5) is 21.7. The molecule has 0 aliphatic carbocycles. The highest BCUT2D eigenvalue weighted by Gasteiger charge is 2.23. The van der Waals surface area contributed by atoms with Gasteiger partial charge in [-0.1, -0.05) is 42.5 Å². The summed E-state index contributed by atoms with van der Waals surface area (Å²) >= 11 is 0. The molecule has 0 radical (unpaired) electrons. The van der Waals surface area contributed by atoms with Crippen molar-refractivity contribution in [2.24, 2.45) is 0 Å². The molecule has 1 aromatic heterocycles. The maximum atomic E-state index is 13.1. The first-order valence-electron chi connectivity index (χ1n) is 12.1. The van der Waals surface area contributed by atoms with E-state index in [0.717, 1.165) is 30.6 Å². The van der Waals surface area contributed by atoms with Crippen LogP contribution in [0.5, 0.6) is 0 Å². The van der Waals surface area contributed by atoms with Crippen molar-refractivity contribution in [2.45, 2.75) is 17.2 Å². The van der Waals surface area contributed by atoms with Crippen LogP contribution in [0.1, 0.15) is 27.0 Å². The van der Waals surface area contributed by atoms with E-state index in [4.69, 9.17) is 5.26 Å². The number of carbonyl (C=O) groups is 1. The monoisotopic (exact) mass is 510 g/mol. The molecule has 2 heterocycles. The molecule has 8 heteroatoms. The van der Waals surface area contributed by atoms with Crippen LogP contribution in [0.15, 0.2) is 90.0 Å². The molecule has 7 nitrogen and oxygen atoms in total. The predicted octanol–water partition coefficient (Wildman–Crippen LogP) is 4.04. The van der Waals surface area contributed by atoms with Crippen LogP contribution < -0.4 is 0 Å². The molecule has 1 fully saturated rings. The van der Waals surface area contributed by atoms with Gasteiger partial charge < -0.3 is 4.90 Å². The Bertz CT molecular complexity index is 1560. The Morgan fingerprint density at radius 2 is 1.54 bits per heavy atom. The first-order valence-corrected chi connectivity index (χ1v) is 13.7. The minimum atomic E-state index is -3.61. The zero-order valence-corrected chi connectivity index (χ0v) is 21.1. The lowest BCUT2D eigenvalue weighted by Gasteiger charge is -2.34. The molecule has 1 amide bonds. The lowest BCUT2D eigenvalue weighted by molar-refractivity contribution is 0.0628. The van der Waals surface area contributed by atoms with Gasteiger partial charge in [0, 0.05) is 49.9 Å². The van der Waals surface area contributed by atoms with Crippen molar-refractivity contribution in [2.75, 3.05) is 26.2 Å². The number of benzene rings is 3. The SMILES string of the molecule is N#Cc1ccc(CN2CCN(C(=O)c3ccc(CS(=O)(=O)c4cccc5cccnc45)cc3)CC2)cc1. The lowest BCUT2D eigenvalue weighted by atomic mass is 10.1. The first kappa shape index (κ1) is 24.6. The summed E-state index contributed by atoms with van der Waals surface area (Å²) in [6.07, 6.45) is 1.59. The van der Waals surface area contributed by atoms with Gasteiger partial charge in [-0.05, 0) is 47.5 Å². The lowest BCUT2D eigenvalue weighted by Crippen LogP contribution is -2.48. The van der Waals surface area contributed by atoms with Gasteiger partial charge in [0.25, 0.3) is 5.91 Å². The van der Waals surface area contributed by atoms with Gasteiger partial charge >= 0.3 is 0 Å². The van der Waals surface area contributed by atoms with Crippen molar-refractivity contribution in [3.8, 4) is 6.07 Å². The normalized spacial score (nSPS) is 14.4. The number of nitriles is 1. The van der Waals surface area contributed by atoms with E-state index < -0.39 is 9.84 Å². The second kappa shape index (κ2) is 10.5. The van der Waals surface area contributed by atoms with E-state index >= 15 is 0 Å². The highest BCUT2D eigenvalue weighted by Crippen LogP contribution is 2.24. The van der Waals surface area contributed by atoms with Crippen LogP contribution in [0.25, 0.3) is 10.9 Å². The van der Waals surface area contributed by atoms with Crippen molar-refractivity contribution < 1.29 is 13.2 Å². The van der Waals surface area contributed by atoms with Crippen LogP contribution >= 0.6 is 0 Å². The number of hydrogen-bond acceptors (Lipinski definition) is 6. The van der Waals surface area contributed by atoms with E-state index in [1.165, 1.54) is 0 Å². The Kier molecular flexibility index (Phi) is 6.99. The topological polar surface area (TPSA) is 94.4 Å². The molecular weight excluding hydrogens is 484 g/mol. The molecule has 1 aliphatic rings. The predicted molar refractivity (Wildman–Crippen MR) is 141 cm³/mol. The summed E-state index contributed by atoms with van der Waals surface area (Å²) in [6.45, 7) is 3.56. The number of pyridine rings is 1. The molecule has 0 unspecified atom stereocenters. The Morgan fingerprint density at radius 3 is 2.24 bits per heavy atom. The molecule has 0 atom stereocenters. The minimum absolute atomic E-state index is 0.0503. The van der Waals surface area contributed by atoms with Gasteiger partial charge in [0.05, 0.1) is 27.8 Å². The fraction of sp³-hybridized carbons (Fsp3) is 0.207. The van der Waals surface area contributed by atoms with Crippen LogP contribution in [0, 0.1) is 11.3 Å². The largest absolute Gasteiger partial charge is 0.336 e. The number of rotatable bonds is 6. The highest BCUT2D eigenvalue weighted by atomic mass is 32.2. The molecule has 0 saturated carbocycles. The molecule has 186 valence electrons. The van der Waals surface area contributed by atoms with E-state index in [0.29, 0.717) is 35.3 Å². The number of sulfone groups is 1. The van der Waals surface area contributed by atoms with Crippen molar-refractivity contribution in [3.05, 3.63) is 107 Å². The Labute approximate surface area is 216 Å². The van der Waals surface area contributed by atoms with Gasteiger partial charge in [-0.2, -0.15) is 5.26 Å². The Balaban J connectivity index is 1.20. The molecule has 4 aromatic rings. The molecule has 0 bridgehead atoms. The molecule has 0 spiro atoms. The van der Waals surface area contributed by atoms with Crippen molar-refractivity contribution in [1.29, 1.82) is 5.26 Å². The van der Waals surface area contributed by atoms with Crippen LogP contribution in [-0.2, 0) is 22.1 Å². The number of nitrogens with zero attached hydrogens (tertiary/aromatic N) is 4. The van der Waals surface area contributed by atoms with Gasteiger partial charge in [-0.25, -0.2) is 8.42 Å². The zero-order valence-electron chi connectivity index (χ0n) is 20.2. The number of para-hydroxylation sites is 1. The van der Waals surface area contributed by atoms with Gasteiger partial charge in [-0.3, -0.25) is 14.7 Å². The molecular formula is C29H26N4O3S. The van der Waals surface area contributed by atoms with Crippen LogP contribution in [-0.4, -0.2) is 55.3 Å². The maximum absolute atomic E-state index is 13.1. The fourth-order valence-electron chi connectivity index (χ4n) is 4.60. The van der Waals surface area contributed by atoms with Crippen molar-refractivity contribution in [3.63, 3.8) is 0 Å². The van der Waals surface area contributed by atoms with E-state index in [9.17, 15) is 13.2 Å². The fourth-order valence-corrected chi connectivity index (χ4v) is 6.14. The molecule has 1 saturated heterocycles. The second-order valence-corrected chi connectivity index (χ2v) is 11.1. The van der Waals surface area contributed by atoms with E-state index in [2.05, 4.69) is 16.0 Å². The summed E-state index contributed by atoms with van der Waals surface area (Å²) in [6, 6.07) is 25.3. The summed E-state index contributed by atoms with van der Waals surface area (Å²) in [7, 11) is -3.61. The van der Waals surface area contributed by atoms with Crippen LogP contribution in [0.4, 0.5) is 0 Å². The maximum Gasteiger partial charge on any atom is 0.253 e. The second-order valence-electron chi connectivity index (χ2n) is 9.16. The highest BCUT2D eigenvalue weighted by molar-refractivity contribution is 7.90. The minimum Gasteiger partial charge on any atom is -0.336 e. The van der Waals surface area contributed by atoms with E-state index in [1.54, 1.807) is 48.7 Å². The van der Waals surface area contributed by atoms with Crippen LogP contribution in [0.2, 0.25) is 0 Å². The van der Waals surface area contributed by atoms with E-state index in [1.807, 2.05) is 41.3 Å². The average Bonchev–Trinajstić information content (AvgIpc) is 2.93. The van der Waals surface area contributed by atoms with Crippen molar-refractivity contribution in [1.82, 2.24) is 14.8 Å². The average molecular weight is 511 g/mol. The smallest absolute Gasteiger partial charge is 0.253 e. The summed E-state index contributed by atoms with van der Waals surface area (Å²) in [5, 5.41) is 9.72. The standard InChI is InChI=1S/C29H26N4O3S/c30-19-22-6-8-23(9-7-22)20-32-15-17-33(18-16-32)29(34)26-12-10-24(11-13-26)21-37(35,36)27-5-1-3-25-4-2-14-31-28(25)27/h1-14H,15-18,20-21H2. The molecule has 0 N–H and O–H groups in total. The summed E-state index contributed by atoms with van der Waals surface area (Å²) in [5.74, 6) is -0.212. The summed E-state index contributed by atoms with van der Waals surface area (Å²) in [5.41, 5.74) is 3.43. The van der Waals surface area contributed by atoms with Crippen molar-refractivity contribution >= 4 is 26.6 Å². The molecule has 1 aliphatic heterocycles. The quantitative estimate of drug-likeness (QED) is 0.389.